The second kappa shape index (κ2) is 12.2. The number of aryl methyl sites for hydroxylation is 1. The molecule has 0 saturated carbocycles. The van der Waals surface area contributed by atoms with E-state index in [4.69, 9.17) is 14.5 Å². The highest BCUT2D eigenvalue weighted by Gasteiger charge is 2.32. The van der Waals surface area contributed by atoms with Crippen LogP contribution in [0.2, 0.25) is 0 Å². The number of aromatic nitrogens is 2. The number of nitrogens with zero attached hydrogens (tertiary/aromatic N) is 5. The number of imidazole rings is 1. The fourth-order valence-electron chi connectivity index (χ4n) is 6.33. The Kier molecular flexibility index (Phi) is 8.32. The summed E-state index contributed by atoms with van der Waals surface area (Å²) in [6.45, 7) is 7.06. The lowest BCUT2D eigenvalue weighted by Crippen LogP contribution is -2.45. The number of carbonyl (C=O) groups is 1. The van der Waals surface area contributed by atoms with Crippen LogP contribution in [0.5, 0.6) is 0 Å². The molecule has 0 atom stereocenters. The largest absolute Gasteiger partial charge is 0.381 e. The van der Waals surface area contributed by atoms with Crippen LogP contribution in [-0.4, -0.2) is 79.5 Å². The van der Waals surface area contributed by atoms with Crippen molar-refractivity contribution < 1.29 is 18.7 Å². The predicted octanol–water partition coefficient (Wildman–Crippen LogP) is 4.22. The van der Waals surface area contributed by atoms with Crippen molar-refractivity contribution in [2.45, 2.75) is 32.2 Å². The molecule has 3 aliphatic rings. The van der Waals surface area contributed by atoms with Crippen molar-refractivity contribution >= 4 is 28.3 Å². The number of morpholine rings is 1. The van der Waals surface area contributed by atoms with Gasteiger partial charge in [0, 0.05) is 51.5 Å². The maximum absolute atomic E-state index is 15.4. The number of amides is 1. The first-order valence-corrected chi connectivity index (χ1v) is 14.7. The Labute approximate surface area is 235 Å². The maximum Gasteiger partial charge on any atom is 0.230 e. The van der Waals surface area contributed by atoms with Crippen LogP contribution >= 0.6 is 0 Å². The van der Waals surface area contributed by atoms with E-state index < -0.39 is 0 Å². The molecule has 8 nitrogen and oxygen atoms in total. The molecule has 0 spiro atoms. The van der Waals surface area contributed by atoms with E-state index in [1.54, 1.807) is 6.07 Å². The zero-order chi connectivity index (χ0) is 27.5. The van der Waals surface area contributed by atoms with Gasteiger partial charge in [0.1, 0.15) is 11.6 Å². The highest BCUT2D eigenvalue weighted by molar-refractivity contribution is 5.95. The minimum absolute atomic E-state index is 0.0708. The minimum Gasteiger partial charge on any atom is -0.381 e. The molecule has 0 aliphatic carbocycles. The first-order chi connectivity index (χ1) is 19.6. The summed E-state index contributed by atoms with van der Waals surface area (Å²) < 4.78 is 28.5. The van der Waals surface area contributed by atoms with E-state index >= 15 is 4.39 Å². The van der Waals surface area contributed by atoms with Gasteiger partial charge in [-0.1, -0.05) is 12.1 Å². The van der Waals surface area contributed by atoms with Gasteiger partial charge in [-0.15, -0.1) is 0 Å². The average molecular weight is 550 g/mol. The molecule has 0 radical (unpaired) electrons. The van der Waals surface area contributed by atoms with Gasteiger partial charge in [0.25, 0.3) is 0 Å². The monoisotopic (exact) mass is 549 g/mol. The molecule has 4 heterocycles. The first-order valence-electron chi connectivity index (χ1n) is 14.7. The number of fused-ring (bicyclic) bond motifs is 1. The molecular weight excluding hydrogens is 509 g/mol. The van der Waals surface area contributed by atoms with Gasteiger partial charge in [-0.05, 0) is 75.0 Å². The number of rotatable bonds is 7. The number of benzene rings is 2. The van der Waals surface area contributed by atoms with Crippen LogP contribution in [0.4, 0.5) is 15.8 Å². The predicted molar refractivity (Wildman–Crippen MR) is 154 cm³/mol. The molecule has 1 aromatic heterocycles. The Morgan fingerprint density at radius 2 is 1.70 bits per heavy atom. The first kappa shape index (κ1) is 27.2. The molecule has 0 unspecified atom stereocenters. The van der Waals surface area contributed by atoms with E-state index in [2.05, 4.69) is 22.6 Å². The number of halogens is 1. The van der Waals surface area contributed by atoms with Crippen LogP contribution in [-0.2, 0) is 27.9 Å². The molecule has 3 aromatic rings. The van der Waals surface area contributed by atoms with Crippen molar-refractivity contribution in [2.75, 3.05) is 69.0 Å². The second-order valence-corrected chi connectivity index (χ2v) is 11.4. The van der Waals surface area contributed by atoms with E-state index in [-0.39, 0.29) is 17.6 Å². The highest BCUT2D eigenvalue weighted by atomic mass is 19.1. The van der Waals surface area contributed by atoms with Crippen molar-refractivity contribution in [2.24, 2.45) is 18.9 Å². The van der Waals surface area contributed by atoms with Gasteiger partial charge in [0.15, 0.2) is 0 Å². The molecule has 0 N–H and O–H groups in total. The molecule has 40 heavy (non-hydrogen) atoms. The molecule has 2 aromatic carbocycles. The van der Waals surface area contributed by atoms with Crippen molar-refractivity contribution in [1.82, 2.24) is 14.5 Å². The quantitative estimate of drug-likeness (QED) is 0.440. The Morgan fingerprint density at radius 1 is 0.975 bits per heavy atom. The van der Waals surface area contributed by atoms with E-state index in [9.17, 15) is 4.79 Å². The third-order valence-corrected chi connectivity index (χ3v) is 8.82. The fourth-order valence-corrected chi connectivity index (χ4v) is 6.33. The topological polar surface area (TPSA) is 63.1 Å². The second-order valence-electron chi connectivity index (χ2n) is 11.4. The molecule has 3 aliphatic heterocycles. The van der Waals surface area contributed by atoms with E-state index in [1.807, 2.05) is 40.1 Å². The van der Waals surface area contributed by atoms with Gasteiger partial charge in [-0.3, -0.25) is 9.69 Å². The van der Waals surface area contributed by atoms with E-state index in [0.717, 1.165) is 75.4 Å². The van der Waals surface area contributed by atoms with Crippen LogP contribution < -0.4 is 9.80 Å². The zero-order valence-corrected chi connectivity index (χ0v) is 23.4. The summed E-state index contributed by atoms with van der Waals surface area (Å²) in [5.41, 5.74) is 3.40. The van der Waals surface area contributed by atoms with Crippen LogP contribution in [0.25, 0.3) is 11.0 Å². The Hall–Kier alpha value is -3.01. The summed E-state index contributed by atoms with van der Waals surface area (Å²) in [7, 11) is 2.07. The van der Waals surface area contributed by atoms with Gasteiger partial charge in [-0.25, -0.2) is 9.37 Å². The molecule has 9 heteroatoms. The lowest BCUT2D eigenvalue weighted by atomic mass is 9.93. The number of hydrogen-bond donors (Lipinski definition) is 0. The van der Waals surface area contributed by atoms with Crippen LogP contribution in [0.1, 0.15) is 31.5 Å². The van der Waals surface area contributed by atoms with Crippen LogP contribution in [0, 0.1) is 17.7 Å². The zero-order valence-electron chi connectivity index (χ0n) is 23.4. The Bertz CT molecular complexity index is 1310. The van der Waals surface area contributed by atoms with Gasteiger partial charge in [0.2, 0.25) is 5.91 Å². The lowest BCUT2D eigenvalue weighted by Gasteiger charge is -2.36. The van der Waals surface area contributed by atoms with Crippen molar-refractivity contribution in [3.63, 3.8) is 0 Å². The molecule has 214 valence electrons. The molecule has 3 saturated heterocycles. The standard InChI is InChI=1S/C31H40FN5O3/c1-34-29-5-3-2-4-27(29)33-30(34)22-35-12-8-24(9-13-35)31(38)37(21-23-10-16-39-17-11-23)25-6-7-28(26(32)20-25)36-14-18-40-19-15-36/h2-7,20,23-24H,8-19,21-22H2,1H3. The summed E-state index contributed by atoms with van der Waals surface area (Å²) in [6, 6.07) is 13.5. The number of para-hydroxylation sites is 2. The number of hydrogen-bond acceptors (Lipinski definition) is 6. The summed E-state index contributed by atoms with van der Waals surface area (Å²) in [5, 5.41) is 0. The Morgan fingerprint density at radius 3 is 2.42 bits per heavy atom. The summed E-state index contributed by atoms with van der Waals surface area (Å²) in [4.78, 5) is 25.1. The normalized spacial score (nSPS) is 19.8. The summed E-state index contributed by atoms with van der Waals surface area (Å²) in [5.74, 6) is 1.17. The number of piperidine rings is 1. The van der Waals surface area contributed by atoms with Gasteiger partial charge in [0.05, 0.1) is 36.5 Å². The number of ether oxygens (including phenoxy) is 2. The van der Waals surface area contributed by atoms with E-state index in [0.29, 0.717) is 50.1 Å². The highest BCUT2D eigenvalue weighted by Crippen LogP contribution is 2.31. The van der Waals surface area contributed by atoms with E-state index in [1.165, 1.54) is 0 Å². The molecule has 0 bridgehead atoms. The molecule has 1 amide bonds. The summed E-state index contributed by atoms with van der Waals surface area (Å²) in [6.07, 6.45) is 3.44. The van der Waals surface area contributed by atoms with Crippen LogP contribution in [0.3, 0.4) is 0 Å². The van der Waals surface area contributed by atoms with Gasteiger partial charge in [-0.2, -0.15) is 0 Å². The fraction of sp³-hybridized carbons (Fsp3) is 0.548. The smallest absolute Gasteiger partial charge is 0.230 e. The third kappa shape index (κ3) is 5.87. The number of anilines is 2. The third-order valence-electron chi connectivity index (χ3n) is 8.82. The Balaban J connectivity index is 1.15. The molecule has 3 fully saturated rings. The average Bonchev–Trinajstić information content (AvgIpc) is 3.31. The molecular formula is C31H40FN5O3. The van der Waals surface area contributed by atoms with Crippen molar-refractivity contribution in [3.8, 4) is 0 Å². The van der Waals surface area contributed by atoms with Crippen LogP contribution in [0.15, 0.2) is 42.5 Å². The van der Waals surface area contributed by atoms with Gasteiger partial charge >= 0.3 is 0 Å². The number of carbonyl (C=O) groups excluding carboxylic acids is 1. The summed E-state index contributed by atoms with van der Waals surface area (Å²) >= 11 is 0. The molecule has 6 rings (SSSR count). The maximum atomic E-state index is 15.4. The lowest BCUT2D eigenvalue weighted by molar-refractivity contribution is -0.124. The number of likely N-dealkylation sites (tertiary alicyclic amines) is 1. The SMILES string of the molecule is Cn1c(CN2CCC(C(=O)N(CC3CCOCC3)c3ccc(N4CCOCC4)c(F)c3)CC2)nc2ccccc21. The van der Waals surface area contributed by atoms with Crippen molar-refractivity contribution in [3.05, 3.63) is 54.1 Å². The minimum atomic E-state index is -0.276. The van der Waals surface area contributed by atoms with Gasteiger partial charge < -0.3 is 23.8 Å². The van der Waals surface area contributed by atoms with Crippen molar-refractivity contribution in [1.29, 1.82) is 0 Å².